The van der Waals surface area contributed by atoms with Crippen molar-refractivity contribution >= 4 is 17.6 Å². The van der Waals surface area contributed by atoms with Crippen LogP contribution >= 0.6 is 0 Å². The lowest BCUT2D eigenvalue weighted by Gasteiger charge is -2.14. The molecule has 0 aromatic heterocycles. The first kappa shape index (κ1) is 17.4. The van der Waals surface area contributed by atoms with E-state index in [9.17, 15) is 18.4 Å². The Morgan fingerprint density at radius 1 is 1.12 bits per heavy atom. The van der Waals surface area contributed by atoms with Gasteiger partial charge in [0.25, 0.3) is 5.91 Å². The van der Waals surface area contributed by atoms with E-state index in [1.807, 2.05) is 0 Å². The van der Waals surface area contributed by atoms with E-state index in [2.05, 4.69) is 5.32 Å². The summed E-state index contributed by atoms with van der Waals surface area (Å²) in [6, 6.07) is 8.85. The lowest BCUT2D eigenvalue weighted by molar-refractivity contribution is -0.123. The van der Waals surface area contributed by atoms with Gasteiger partial charge in [-0.2, -0.15) is 0 Å². The molecule has 0 heterocycles. The maximum atomic E-state index is 13.6. The molecule has 0 saturated carbocycles. The van der Waals surface area contributed by atoms with E-state index >= 15 is 0 Å². The number of halogens is 2. The quantitative estimate of drug-likeness (QED) is 0.853. The van der Waals surface area contributed by atoms with Gasteiger partial charge in [-0.1, -0.05) is 6.07 Å². The zero-order valence-corrected chi connectivity index (χ0v) is 13.0. The van der Waals surface area contributed by atoms with Gasteiger partial charge in [-0.25, -0.2) is 13.6 Å². The van der Waals surface area contributed by atoms with Crippen LogP contribution in [0.5, 0.6) is 5.75 Å². The maximum absolute atomic E-state index is 13.6. The average Bonchev–Trinajstić information content (AvgIpc) is 2.54. The fourth-order valence-corrected chi connectivity index (χ4v) is 1.89. The van der Waals surface area contributed by atoms with Crippen LogP contribution in [0.3, 0.4) is 0 Å². The van der Waals surface area contributed by atoms with Crippen molar-refractivity contribution < 1.29 is 27.8 Å². The van der Waals surface area contributed by atoms with Crippen LogP contribution in [-0.2, 0) is 9.53 Å². The number of carbonyl (C=O) groups excluding carboxylic acids is 2. The maximum Gasteiger partial charge on any atom is 0.339 e. The van der Waals surface area contributed by atoms with E-state index in [-0.39, 0.29) is 17.0 Å². The number of hydrogen-bond acceptors (Lipinski definition) is 4. The Kier molecular flexibility index (Phi) is 5.47. The van der Waals surface area contributed by atoms with Crippen molar-refractivity contribution in [3.8, 4) is 5.75 Å². The van der Waals surface area contributed by atoms with E-state index in [4.69, 9.17) is 9.47 Å². The molecule has 1 N–H and O–H groups in total. The number of anilines is 1. The molecule has 2 aromatic carbocycles. The highest BCUT2D eigenvalue weighted by Crippen LogP contribution is 2.18. The van der Waals surface area contributed by atoms with Crippen molar-refractivity contribution in [3.63, 3.8) is 0 Å². The normalized spacial score (nSPS) is 11.5. The van der Waals surface area contributed by atoms with Crippen LogP contribution in [0.2, 0.25) is 0 Å². The van der Waals surface area contributed by atoms with E-state index in [0.29, 0.717) is 0 Å². The van der Waals surface area contributed by atoms with Crippen LogP contribution in [0.1, 0.15) is 17.3 Å². The number of nitrogens with one attached hydrogen (secondary N) is 1. The van der Waals surface area contributed by atoms with Gasteiger partial charge in [-0.15, -0.1) is 0 Å². The fraction of sp³-hybridized carbons (Fsp3) is 0.176. The van der Waals surface area contributed by atoms with Crippen molar-refractivity contribution in [2.24, 2.45) is 0 Å². The number of hydrogen-bond donors (Lipinski definition) is 1. The summed E-state index contributed by atoms with van der Waals surface area (Å²) in [6.45, 7) is 1.35. The summed E-state index contributed by atoms with van der Waals surface area (Å²) in [7, 11) is 1.30. The van der Waals surface area contributed by atoms with Gasteiger partial charge in [0.05, 0.1) is 12.7 Å². The second-order valence-electron chi connectivity index (χ2n) is 4.90. The molecule has 5 nitrogen and oxygen atoms in total. The molecule has 0 unspecified atom stereocenters. The van der Waals surface area contributed by atoms with Crippen molar-refractivity contribution in [2.45, 2.75) is 13.0 Å². The summed E-state index contributed by atoms with van der Waals surface area (Å²) >= 11 is 0. The topological polar surface area (TPSA) is 64.6 Å². The van der Waals surface area contributed by atoms with Crippen LogP contribution < -0.4 is 10.1 Å². The fourth-order valence-electron chi connectivity index (χ4n) is 1.89. The Hall–Kier alpha value is -2.96. The van der Waals surface area contributed by atoms with Crippen LogP contribution in [0.15, 0.2) is 42.5 Å². The summed E-state index contributed by atoms with van der Waals surface area (Å²) in [5, 5.41) is 2.42. The zero-order chi connectivity index (χ0) is 17.7. The minimum atomic E-state index is -1.15. The number of esters is 1. The standard InChI is InChI=1S/C17H15F2NO4/c1-10(16(21)20-13-5-3-4-12(18)9-13)24-17(22)11-6-7-15(23-2)14(19)8-11/h3-10H,1-2H3,(H,20,21)/t10-/m0/s1. The second-order valence-corrected chi connectivity index (χ2v) is 4.90. The first-order valence-electron chi connectivity index (χ1n) is 7.01. The summed E-state index contributed by atoms with van der Waals surface area (Å²) in [4.78, 5) is 23.9. The third-order valence-corrected chi connectivity index (χ3v) is 3.13. The SMILES string of the molecule is COc1ccc(C(=O)O[C@@H](C)C(=O)Nc2cccc(F)c2)cc1F. The molecule has 0 aliphatic carbocycles. The Morgan fingerprint density at radius 2 is 1.88 bits per heavy atom. The Labute approximate surface area is 137 Å². The summed E-state index contributed by atoms with van der Waals surface area (Å²) in [6.07, 6.45) is -1.15. The van der Waals surface area contributed by atoms with Crippen LogP contribution in [0, 0.1) is 11.6 Å². The molecule has 7 heteroatoms. The van der Waals surface area contributed by atoms with Crippen LogP contribution in [0.25, 0.3) is 0 Å². The zero-order valence-electron chi connectivity index (χ0n) is 13.0. The molecular weight excluding hydrogens is 320 g/mol. The summed E-state index contributed by atoms with van der Waals surface area (Å²) in [5.74, 6) is -2.74. The Balaban J connectivity index is 2.00. The van der Waals surface area contributed by atoms with Gasteiger partial charge in [-0.3, -0.25) is 4.79 Å². The number of amides is 1. The van der Waals surface area contributed by atoms with Crippen molar-refractivity contribution in [1.82, 2.24) is 0 Å². The third kappa shape index (κ3) is 4.28. The van der Waals surface area contributed by atoms with Gasteiger partial charge < -0.3 is 14.8 Å². The number of carbonyl (C=O) groups is 2. The third-order valence-electron chi connectivity index (χ3n) is 3.13. The first-order chi connectivity index (χ1) is 11.4. The van der Waals surface area contributed by atoms with E-state index < -0.39 is 29.6 Å². The molecule has 0 saturated heterocycles. The Bertz CT molecular complexity index is 764. The van der Waals surface area contributed by atoms with Gasteiger partial charge >= 0.3 is 5.97 Å². The smallest absolute Gasteiger partial charge is 0.339 e. The lowest BCUT2D eigenvalue weighted by Crippen LogP contribution is -2.30. The van der Waals surface area contributed by atoms with Crippen LogP contribution in [-0.4, -0.2) is 25.1 Å². The largest absolute Gasteiger partial charge is 0.494 e. The van der Waals surface area contributed by atoms with Gasteiger partial charge in [-0.05, 0) is 43.3 Å². The lowest BCUT2D eigenvalue weighted by atomic mass is 10.2. The van der Waals surface area contributed by atoms with Crippen molar-refractivity contribution in [3.05, 3.63) is 59.7 Å². The second kappa shape index (κ2) is 7.54. The molecule has 0 aliphatic heterocycles. The van der Waals surface area contributed by atoms with Gasteiger partial charge in [0, 0.05) is 5.69 Å². The highest BCUT2D eigenvalue weighted by molar-refractivity contribution is 5.97. The van der Waals surface area contributed by atoms with Gasteiger partial charge in [0.15, 0.2) is 17.7 Å². The van der Waals surface area contributed by atoms with Gasteiger partial charge in [0.2, 0.25) is 0 Å². The number of rotatable bonds is 5. The van der Waals surface area contributed by atoms with Crippen LogP contribution in [0.4, 0.5) is 14.5 Å². The molecule has 1 atom stereocenters. The molecule has 2 rings (SSSR count). The first-order valence-corrected chi connectivity index (χ1v) is 7.01. The molecule has 24 heavy (non-hydrogen) atoms. The highest BCUT2D eigenvalue weighted by Gasteiger charge is 2.20. The summed E-state index contributed by atoms with van der Waals surface area (Å²) in [5.41, 5.74) is 0.178. The van der Waals surface area contributed by atoms with E-state index in [0.717, 1.165) is 12.1 Å². The predicted molar refractivity (Wildman–Crippen MR) is 82.9 cm³/mol. The highest BCUT2D eigenvalue weighted by atomic mass is 19.1. The molecule has 0 fully saturated rings. The van der Waals surface area contributed by atoms with Gasteiger partial charge in [0.1, 0.15) is 5.82 Å². The molecular formula is C17H15F2NO4. The minimum absolute atomic E-state index is 0.0107. The molecule has 0 spiro atoms. The van der Waals surface area contributed by atoms with Crippen molar-refractivity contribution in [2.75, 3.05) is 12.4 Å². The average molecular weight is 335 g/mol. The molecule has 1 amide bonds. The number of ether oxygens (including phenoxy) is 2. The predicted octanol–water partition coefficient (Wildman–Crippen LogP) is 3.16. The number of benzene rings is 2. The monoisotopic (exact) mass is 335 g/mol. The molecule has 2 aromatic rings. The summed E-state index contributed by atoms with van der Waals surface area (Å²) < 4.78 is 36.4. The molecule has 0 aliphatic rings. The van der Waals surface area contributed by atoms with Crippen molar-refractivity contribution in [1.29, 1.82) is 0 Å². The number of methoxy groups -OCH3 is 1. The molecule has 0 bridgehead atoms. The Morgan fingerprint density at radius 3 is 2.50 bits per heavy atom. The van der Waals surface area contributed by atoms with E-state index in [1.54, 1.807) is 0 Å². The van der Waals surface area contributed by atoms with E-state index in [1.165, 1.54) is 44.4 Å². The minimum Gasteiger partial charge on any atom is -0.494 e. The molecule has 126 valence electrons. The molecule has 0 radical (unpaired) electrons.